The van der Waals surface area contributed by atoms with Gasteiger partial charge in [0.05, 0.1) is 11.9 Å². The molecule has 0 radical (unpaired) electrons. The second kappa shape index (κ2) is 5.14. The van der Waals surface area contributed by atoms with Crippen molar-refractivity contribution in [2.24, 2.45) is 0 Å². The Kier molecular flexibility index (Phi) is 3.58. The maximum absolute atomic E-state index is 13.0. The summed E-state index contributed by atoms with van der Waals surface area (Å²) in [7, 11) is 0. The average molecular weight is 265 g/mol. The minimum atomic E-state index is -0.451. The molecular formula is C13H10ClFN2O. The van der Waals surface area contributed by atoms with Crippen LogP contribution < -0.4 is 5.32 Å². The van der Waals surface area contributed by atoms with Gasteiger partial charge in [-0.3, -0.25) is 4.79 Å². The van der Waals surface area contributed by atoms with Gasteiger partial charge in [0.15, 0.2) is 0 Å². The van der Waals surface area contributed by atoms with Gasteiger partial charge in [-0.15, -0.1) is 0 Å². The highest BCUT2D eigenvalue weighted by Crippen LogP contribution is 2.17. The lowest BCUT2D eigenvalue weighted by molar-refractivity contribution is 0.102. The zero-order valence-corrected chi connectivity index (χ0v) is 10.3. The number of halogens is 2. The highest BCUT2D eigenvalue weighted by molar-refractivity contribution is 6.30. The summed E-state index contributed by atoms with van der Waals surface area (Å²) >= 11 is 5.78. The van der Waals surface area contributed by atoms with Crippen LogP contribution in [0.2, 0.25) is 5.15 Å². The molecule has 0 saturated heterocycles. The highest BCUT2D eigenvalue weighted by atomic mass is 35.5. The molecule has 1 aromatic heterocycles. The molecule has 1 aromatic carbocycles. The summed E-state index contributed by atoms with van der Waals surface area (Å²) in [5.74, 6) is -0.842. The zero-order valence-electron chi connectivity index (χ0n) is 9.58. The molecule has 0 unspecified atom stereocenters. The Morgan fingerprint density at radius 1 is 1.39 bits per heavy atom. The van der Waals surface area contributed by atoms with Crippen LogP contribution in [-0.2, 0) is 0 Å². The third-order valence-electron chi connectivity index (χ3n) is 2.36. The SMILES string of the molecule is Cc1cc(NC(=O)c2cccc(F)c2)cnc1Cl. The summed E-state index contributed by atoms with van der Waals surface area (Å²) in [5, 5.41) is 3.01. The second-order valence-electron chi connectivity index (χ2n) is 3.80. The number of hydrogen-bond acceptors (Lipinski definition) is 2. The zero-order chi connectivity index (χ0) is 13.1. The fourth-order valence-electron chi connectivity index (χ4n) is 1.46. The Morgan fingerprint density at radius 3 is 2.83 bits per heavy atom. The molecule has 1 heterocycles. The number of aryl methyl sites for hydroxylation is 1. The Hall–Kier alpha value is -1.94. The van der Waals surface area contributed by atoms with Crippen LogP contribution in [0.1, 0.15) is 15.9 Å². The fourth-order valence-corrected chi connectivity index (χ4v) is 1.56. The molecule has 5 heteroatoms. The lowest BCUT2D eigenvalue weighted by Gasteiger charge is -2.06. The average Bonchev–Trinajstić information content (AvgIpc) is 2.34. The van der Waals surface area contributed by atoms with Crippen molar-refractivity contribution < 1.29 is 9.18 Å². The fraction of sp³-hybridized carbons (Fsp3) is 0.0769. The normalized spacial score (nSPS) is 10.2. The predicted molar refractivity (Wildman–Crippen MR) is 68.3 cm³/mol. The Labute approximate surface area is 109 Å². The summed E-state index contributed by atoms with van der Waals surface area (Å²) in [4.78, 5) is 15.7. The summed E-state index contributed by atoms with van der Waals surface area (Å²) in [6.07, 6.45) is 1.45. The molecule has 0 fully saturated rings. The molecular weight excluding hydrogens is 255 g/mol. The molecule has 0 atom stereocenters. The lowest BCUT2D eigenvalue weighted by Crippen LogP contribution is -2.12. The van der Waals surface area contributed by atoms with Crippen LogP contribution in [0, 0.1) is 12.7 Å². The molecule has 0 spiro atoms. The molecule has 1 amide bonds. The standard InChI is InChI=1S/C13H10ClFN2O/c1-8-5-11(7-16-12(8)14)17-13(18)9-3-2-4-10(15)6-9/h2-7H,1H3,(H,17,18). The molecule has 3 nitrogen and oxygen atoms in total. The van der Waals surface area contributed by atoms with Crippen molar-refractivity contribution in [3.05, 3.63) is 58.6 Å². The predicted octanol–water partition coefficient (Wildman–Crippen LogP) is 3.43. The number of benzene rings is 1. The molecule has 18 heavy (non-hydrogen) atoms. The van der Waals surface area contributed by atoms with Crippen LogP contribution in [-0.4, -0.2) is 10.9 Å². The minimum absolute atomic E-state index is 0.252. The number of pyridine rings is 1. The third-order valence-corrected chi connectivity index (χ3v) is 2.75. The van der Waals surface area contributed by atoms with E-state index in [2.05, 4.69) is 10.3 Å². The molecule has 92 valence electrons. The van der Waals surface area contributed by atoms with Crippen LogP contribution in [0.3, 0.4) is 0 Å². The lowest BCUT2D eigenvalue weighted by atomic mass is 10.2. The van der Waals surface area contributed by atoms with Gasteiger partial charge in [-0.25, -0.2) is 9.37 Å². The van der Waals surface area contributed by atoms with Crippen molar-refractivity contribution in [1.29, 1.82) is 0 Å². The quantitative estimate of drug-likeness (QED) is 0.845. The van der Waals surface area contributed by atoms with Gasteiger partial charge >= 0.3 is 0 Å². The monoisotopic (exact) mass is 264 g/mol. The second-order valence-corrected chi connectivity index (χ2v) is 4.15. The summed E-state index contributed by atoms with van der Waals surface area (Å²) in [6, 6.07) is 7.17. The number of carbonyl (C=O) groups excluding carboxylic acids is 1. The van der Waals surface area contributed by atoms with E-state index < -0.39 is 11.7 Å². The summed E-state index contributed by atoms with van der Waals surface area (Å²) in [6.45, 7) is 1.78. The van der Waals surface area contributed by atoms with Crippen LogP contribution in [0.15, 0.2) is 36.5 Å². The van der Waals surface area contributed by atoms with Crippen LogP contribution in [0.4, 0.5) is 10.1 Å². The van der Waals surface area contributed by atoms with Gasteiger partial charge in [-0.1, -0.05) is 17.7 Å². The van der Waals surface area contributed by atoms with Crippen molar-refractivity contribution in [3.63, 3.8) is 0 Å². The molecule has 2 rings (SSSR count). The molecule has 0 bridgehead atoms. The number of hydrogen-bond donors (Lipinski definition) is 1. The van der Waals surface area contributed by atoms with Gasteiger partial charge < -0.3 is 5.32 Å². The van der Waals surface area contributed by atoms with E-state index in [-0.39, 0.29) is 5.56 Å². The van der Waals surface area contributed by atoms with Gasteiger partial charge in [0, 0.05) is 5.56 Å². The van der Waals surface area contributed by atoms with Crippen molar-refractivity contribution in [3.8, 4) is 0 Å². The minimum Gasteiger partial charge on any atom is -0.321 e. The number of amides is 1. The molecule has 1 N–H and O–H groups in total. The Morgan fingerprint density at radius 2 is 2.17 bits per heavy atom. The van der Waals surface area contributed by atoms with E-state index in [0.717, 1.165) is 5.56 Å². The molecule has 0 aliphatic carbocycles. The van der Waals surface area contributed by atoms with E-state index >= 15 is 0 Å². The number of nitrogens with zero attached hydrogens (tertiary/aromatic N) is 1. The van der Waals surface area contributed by atoms with E-state index in [9.17, 15) is 9.18 Å². The van der Waals surface area contributed by atoms with Crippen LogP contribution in [0.25, 0.3) is 0 Å². The van der Waals surface area contributed by atoms with E-state index in [1.54, 1.807) is 13.0 Å². The van der Waals surface area contributed by atoms with Crippen LogP contribution >= 0.6 is 11.6 Å². The van der Waals surface area contributed by atoms with E-state index in [1.807, 2.05) is 0 Å². The van der Waals surface area contributed by atoms with E-state index in [4.69, 9.17) is 11.6 Å². The molecule has 2 aromatic rings. The summed E-state index contributed by atoms with van der Waals surface area (Å²) < 4.78 is 13.0. The van der Waals surface area contributed by atoms with Crippen molar-refractivity contribution in [2.45, 2.75) is 6.92 Å². The number of aromatic nitrogens is 1. The Balaban J connectivity index is 2.18. The summed E-state index contributed by atoms with van der Waals surface area (Å²) in [5.41, 5.74) is 1.53. The highest BCUT2D eigenvalue weighted by Gasteiger charge is 2.08. The van der Waals surface area contributed by atoms with Gasteiger partial charge in [0.1, 0.15) is 11.0 Å². The first-order valence-corrected chi connectivity index (χ1v) is 5.63. The number of nitrogens with one attached hydrogen (secondary N) is 1. The molecule has 0 saturated carbocycles. The first-order chi connectivity index (χ1) is 8.56. The number of anilines is 1. The van der Waals surface area contributed by atoms with Crippen molar-refractivity contribution >= 4 is 23.2 Å². The first kappa shape index (κ1) is 12.5. The first-order valence-electron chi connectivity index (χ1n) is 5.25. The van der Waals surface area contributed by atoms with Gasteiger partial charge in [-0.2, -0.15) is 0 Å². The third kappa shape index (κ3) is 2.84. The topological polar surface area (TPSA) is 42.0 Å². The van der Waals surface area contributed by atoms with Crippen LogP contribution in [0.5, 0.6) is 0 Å². The van der Waals surface area contributed by atoms with Crippen molar-refractivity contribution in [2.75, 3.05) is 5.32 Å². The maximum atomic E-state index is 13.0. The Bertz CT molecular complexity index is 601. The molecule has 0 aliphatic rings. The van der Waals surface area contributed by atoms with Crippen molar-refractivity contribution in [1.82, 2.24) is 4.98 Å². The maximum Gasteiger partial charge on any atom is 0.255 e. The van der Waals surface area contributed by atoms with E-state index in [1.165, 1.54) is 30.5 Å². The molecule has 0 aliphatic heterocycles. The van der Waals surface area contributed by atoms with E-state index in [0.29, 0.717) is 10.8 Å². The number of rotatable bonds is 2. The van der Waals surface area contributed by atoms with Gasteiger partial charge in [0.2, 0.25) is 0 Å². The van der Waals surface area contributed by atoms with Gasteiger partial charge in [-0.05, 0) is 36.8 Å². The number of carbonyl (C=O) groups is 1. The largest absolute Gasteiger partial charge is 0.321 e. The smallest absolute Gasteiger partial charge is 0.255 e. The van der Waals surface area contributed by atoms with Gasteiger partial charge in [0.25, 0.3) is 5.91 Å².